The fourth-order valence-corrected chi connectivity index (χ4v) is 4.45. The molecule has 0 saturated carbocycles. The van der Waals surface area contributed by atoms with Gasteiger partial charge in [-0.3, -0.25) is 14.6 Å². The molecule has 0 aliphatic carbocycles. The van der Waals surface area contributed by atoms with Crippen molar-refractivity contribution in [3.8, 4) is 22.5 Å². The molecule has 180 valence electrons. The highest BCUT2D eigenvalue weighted by atomic mass is 35.5. The Morgan fingerprint density at radius 1 is 0.972 bits per heavy atom. The number of hydrogen-bond acceptors (Lipinski definition) is 7. The van der Waals surface area contributed by atoms with Crippen LogP contribution in [0.1, 0.15) is 16.1 Å². The summed E-state index contributed by atoms with van der Waals surface area (Å²) in [6.07, 6.45) is 4.81. The van der Waals surface area contributed by atoms with Crippen LogP contribution in [0.3, 0.4) is 0 Å². The molecular weight excluding hydrogens is 482 g/mol. The van der Waals surface area contributed by atoms with Crippen LogP contribution in [0.15, 0.2) is 58.5 Å². The predicted molar refractivity (Wildman–Crippen MR) is 137 cm³/mol. The maximum Gasteiger partial charge on any atom is 0.356 e. The highest BCUT2D eigenvalue weighted by Crippen LogP contribution is 2.33. The third kappa shape index (κ3) is 3.74. The van der Waals surface area contributed by atoms with Gasteiger partial charge in [0.15, 0.2) is 0 Å². The van der Waals surface area contributed by atoms with E-state index in [9.17, 15) is 14.4 Å². The monoisotopic (exact) mass is 501 g/mol. The molecule has 0 spiro atoms. The summed E-state index contributed by atoms with van der Waals surface area (Å²) in [5.41, 5.74) is 3.36. The van der Waals surface area contributed by atoms with Crippen molar-refractivity contribution in [1.82, 2.24) is 24.1 Å². The number of hydrogen-bond donors (Lipinski definition) is 0. The van der Waals surface area contributed by atoms with Crippen molar-refractivity contribution >= 4 is 39.2 Å². The number of aryl methyl sites for hydroxylation is 3. The number of carbonyl (C=O) groups excluding carboxylic acids is 1. The van der Waals surface area contributed by atoms with Crippen LogP contribution in [0.4, 0.5) is 0 Å². The van der Waals surface area contributed by atoms with Gasteiger partial charge < -0.3 is 13.9 Å². The molecule has 0 atom stereocenters. The molecule has 0 amide bonds. The first-order valence-corrected chi connectivity index (χ1v) is 11.3. The van der Waals surface area contributed by atoms with E-state index in [0.717, 1.165) is 5.39 Å². The van der Waals surface area contributed by atoms with Gasteiger partial charge in [-0.15, -0.1) is 0 Å². The largest absolute Gasteiger partial charge is 0.464 e. The second-order valence-corrected chi connectivity index (χ2v) is 8.80. The average molecular weight is 502 g/mol. The standard InChI is InChI=1S/C26H20ClN5O4/c1-13-7-16-21(32(3)24(13)33)9-22(27)30-23(16)18-12-31(2)25(34)15-8-20(29-11-17(15)18)14-5-6-19(28-10-14)26(35)36-4/h5-12H,1-4H3. The molecular formula is C26H20ClN5O4. The van der Waals surface area contributed by atoms with E-state index >= 15 is 0 Å². The highest BCUT2D eigenvalue weighted by Gasteiger charge is 2.18. The number of nitrogens with zero attached hydrogens (tertiary/aromatic N) is 5. The van der Waals surface area contributed by atoms with Gasteiger partial charge in [-0.2, -0.15) is 0 Å². The molecule has 5 heterocycles. The van der Waals surface area contributed by atoms with Crippen LogP contribution in [-0.2, 0) is 18.8 Å². The van der Waals surface area contributed by atoms with E-state index in [2.05, 4.69) is 19.7 Å². The summed E-state index contributed by atoms with van der Waals surface area (Å²) in [5.74, 6) is -0.541. The second kappa shape index (κ2) is 8.69. The molecule has 0 unspecified atom stereocenters. The lowest BCUT2D eigenvalue weighted by Crippen LogP contribution is -2.20. The van der Waals surface area contributed by atoms with Gasteiger partial charge in [-0.1, -0.05) is 11.6 Å². The Balaban J connectivity index is 1.76. The van der Waals surface area contributed by atoms with Gasteiger partial charge in [0.25, 0.3) is 11.1 Å². The van der Waals surface area contributed by atoms with Gasteiger partial charge >= 0.3 is 5.97 Å². The number of halogens is 1. The van der Waals surface area contributed by atoms with Gasteiger partial charge in [0, 0.05) is 60.1 Å². The van der Waals surface area contributed by atoms with E-state index in [1.165, 1.54) is 28.5 Å². The molecule has 5 rings (SSSR count). The Morgan fingerprint density at radius 3 is 2.44 bits per heavy atom. The second-order valence-electron chi connectivity index (χ2n) is 8.42. The number of esters is 1. The Hall–Kier alpha value is -4.37. The predicted octanol–water partition coefficient (Wildman–Crippen LogP) is 3.66. The van der Waals surface area contributed by atoms with Crippen molar-refractivity contribution in [1.29, 1.82) is 0 Å². The van der Waals surface area contributed by atoms with Gasteiger partial charge in [-0.25, -0.2) is 14.8 Å². The van der Waals surface area contributed by atoms with Crippen molar-refractivity contribution in [2.24, 2.45) is 14.1 Å². The first kappa shape index (κ1) is 23.4. The minimum atomic E-state index is -0.541. The minimum absolute atomic E-state index is 0.126. The molecule has 0 N–H and O–H groups in total. The molecule has 9 nitrogen and oxygen atoms in total. The lowest BCUT2D eigenvalue weighted by molar-refractivity contribution is 0.0594. The smallest absolute Gasteiger partial charge is 0.356 e. The summed E-state index contributed by atoms with van der Waals surface area (Å²) >= 11 is 6.36. The lowest BCUT2D eigenvalue weighted by atomic mass is 10.0. The fraction of sp³-hybridized carbons (Fsp3) is 0.154. The van der Waals surface area contributed by atoms with E-state index in [4.69, 9.17) is 11.6 Å². The third-order valence-electron chi connectivity index (χ3n) is 6.15. The Kier molecular flexibility index (Phi) is 5.64. The van der Waals surface area contributed by atoms with Gasteiger partial charge in [-0.05, 0) is 37.3 Å². The summed E-state index contributed by atoms with van der Waals surface area (Å²) < 4.78 is 7.70. The van der Waals surface area contributed by atoms with E-state index < -0.39 is 5.97 Å². The highest BCUT2D eigenvalue weighted by molar-refractivity contribution is 6.30. The number of methoxy groups -OCH3 is 1. The van der Waals surface area contributed by atoms with Crippen LogP contribution >= 0.6 is 11.6 Å². The number of fused-ring (bicyclic) bond motifs is 2. The van der Waals surface area contributed by atoms with Crippen molar-refractivity contribution in [3.63, 3.8) is 0 Å². The fourth-order valence-electron chi connectivity index (χ4n) is 4.26. The zero-order valence-electron chi connectivity index (χ0n) is 19.9. The van der Waals surface area contributed by atoms with E-state index in [1.54, 1.807) is 57.7 Å². The Labute approximate surface area is 209 Å². The average Bonchev–Trinajstić information content (AvgIpc) is 2.89. The number of rotatable bonds is 3. The quantitative estimate of drug-likeness (QED) is 0.274. The molecule has 0 aliphatic rings. The Bertz CT molecular complexity index is 1820. The molecule has 0 fully saturated rings. The molecule has 5 aromatic rings. The van der Waals surface area contributed by atoms with Crippen molar-refractivity contribution in [3.05, 3.63) is 86.0 Å². The first-order valence-electron chi connectivity index (χ1n) is 10.9. The molecule has 5 aromatic heterocycles. The van der Waals surface area contributed by atoms with Gasteiger partial charge in [0.2, 0.25) is 0 Å². The summed E-state index contributed by atoms with van der Waals surface area (Å²) in [6, 6.07) is 8.34. The van der Waals surface area contributed by atoms with Crippen molar-refractivity contribution < 1.29 is 9.53 Å². The molecule has 0 bridgehead atoms. The maximum atomic E-state index is 13.1. The van der Waals surface area contributed by atoms with Crippen LogP contribution < -0.4 is 11.1 Å². The van der Waals surface area contributed by atoms with Crippen LogP contribution in [0.25, 0.3) is 44.2 Å². The minimum Gasteiger partial charge on any atom is -0.464 e. The first-order chi connectivity index (χ1) is 17.2. The summed E-state index contributed by atoms with van der Waals surface area (Å²) in [6.45, 7) is 1.74. The third-order valence-corrected chi connectivity index (χ3v) is 6.34. The van der Waals surface area contributed by atoms with E-state index in [1.807, 2.05) is 0 Å². The normalized spacial score (nSPS) is 11.2. The number of aromatic nitrogens is 5. The van der Waals surface area contributed by atoms with Crippen LogP contribution in [0.2, 0.25) is 5.15 Å². The molecule has 36 heavy (non-hydrogen) atoms. The molecule has 0 aromatic carbocycles. The topological polar surface area (TPSA) is 109 Å². The molecule has 10 heteroatoms. The number of ether oxygens (including phenoxy) is 1. The zero-order chi connectivity index (χ0) is 25.7. The summed E-state index contributed by atoms with van der Waals surface area (Å²) in [5, 5.41) is 1.96. The Morgan fingerprint density at radius 2 is 1.75 bits per heavy atom. The summed E-state index contributed by atoms with van der Waals surface area (Å²) in [7, 11) is 4.63. The molecule has 0 aliphatic heterocycles. The van der Waals surface area contributed by atoms with Crippen molar-refractivity contribution in [2.45, 2.75) is 6.92 Å². The summed E-state index contributed by atoms with van der Waals surface area (Å²) in [4.78, 5) is 50.6. The van der Waals surface area contributed by atoms with Crippen LogP contribution in [0, 0.1) is 6.92 Å². The SMILES string of the molecule is COC(=O)c1ccc(-c2cc3c(=O)n(C)cc(-c4nc(Cl)cc5c4cc(C)c(=O)n5C)c3cn2)cn1. The lowest BCUT2D eigenvalue weighted by Gasteiger charge is -2.14. The number of pyridine rings is 5. The number of carbonyl (C=O) groups is 1. The van der Waals surface area contributed by atoms with Crippen molar-refractivity contribution in [2.75, 3.05) is 7.11 Å². The molecule has 0 radical (unpaired) electrons. The zero-order valence-corrected chi connectivity index (χ0v) is 20.6. The van der Waals surface area contributed by atoms with Gasteiger partial charge in [0.05, 0.1) is 29.4 Å². The van der Waals surface area contributed by atoms with Gasteiger partial charge in [0.1, 0.15) is 10.8 Å². The van der Waals surface area contributed by atoms with E-state index in [0.29, 0.717) is 44.4 Å². The maximum absolute atomic E-state index is 13.1. The van der Waals surface area contributed by atoms with E-state index in [-0.39, 0.29) is 22.0 Å². The van der Waals surface area contributed by atoms with Crippen LogP contribution in [-0.4, -0.2) is 37.2 Å². The molecule has 0 saturated heterocycles. The van der Waals surface area contributed by atoms with Crippen LogP contribution in [0.5, 0.6) is 0 Å².